The molecule has 0 bridgehead atoms. The van der Waals surface area contributed by atoms with Crippen LogP contribution in [0.3, 0.4) is 0 Å². The van der Waals surface area contributed by atoms with Crippen LogP contribution in [0.25, 0.3) is 0 Å². The minimum Gasteiger partial charge on any atom is -0.484 e. The highest BCUT2D eigenvalue weighted by molar-refractivity contribution is 7.92. The summed E-state index contributed by atoms with van der Waals surface area (Å²) < 4.78 is 30.3. The molecule has 0 atom stereocenters. The van der Waals surface area contributed by atoms with Crippen LogP contribution in [0.2, 0.25) is 0 Å². The second-order valence-electron chi connectivity index (χ2n) is 6.01. The van der Waals surface area contributed by atoms with Gasteiger partial charge in [0.25, 0.3) is 5.91 Å². The van der Waals surface area contributed by atoms with Gasteiger partial charge in [-0.3, -0.25) is 9.10 Å². The molecule has 0 unspecified atom stereocenters. The Morgan fingerprint density at radius 2 is 1.71 bits per heavy atom. The van der Waals surface area contributed by atoms with E-state index in [0.717, 1.165) is 25.9 Å². The number of hydrogen-bond donors (Lipinski definition) is 0. The van der Waals surface area contributed by atoms with Gasteiger partial charge in [-0.05, 0) is 44.0 Å². The summed E-state index contributed by atoms with van der Waals surface area (Å²) >= 11 is 0. The highest BCUT2D eigenvalue weighted by Gasteiger charge is 2.17. The lowest BCUT2D eigenvalue weighted by Crippen LogP contribution is -2.35. The minimum atomic E-state index is -3.29. The van der Waals surface area contributed by atoms with Gasteiger partial charge in [0.1, 0.15) is 5.75 Å². The predicted octanol–water partition coefficient (Wildman–Crippen LogP) is 2.25. The number of carbonyl (C=O) groups is 1. The number of amides is 1. The summed E-state index contributed by atoms with van der Waals surface area (Å²) in [6.45, 7) is 3.78. The van der Waals surface area contributed by atoms with Crippen LogP contribution in [0.1, 0.15) is 32.6 Å². The molecule has 134 valence electrons. The molecule has 0 N–H and O–H groups in total. The second kappa shape index (κ2) is 8.37. The van der Waals surface area contributed by atoms with E-state index in [1.165, 1.54) is 23.4 Å². The molecule has 0 aliphatic carbocycles. The van der Waals surface area contributed by atoms with Gasteiger partial charge in [-0.1, -0.05) is 12.8 Å². The molecule has 1 aliphatic rings. The summed E-state index contributed by atoms with van der Waals surface area (Å²) in [5, 5.41) is 0. The van der Waals surface area contributed by atoms with Crippen molar-refractivity contribution in [2.45, 2.75) is 32.6 Å². The average Bonchev–Trinajstić information content (AvgIpc) is 2.82. The largest absolute Gasteiger partial charge is 0.484 e. The lowest BCUT2D eigenvalue weighted by molar-refractivity contribution is -0.133. The third-order valence-electron chi connectivity index (χ3n) is 4.13. The van der Waals surface area contributed by atoms with Crippen LogP contribution in [0.15, 0.2) is 24.3 Å². The van der Waals surface area contributed by atoms with Gasteiger partial charge >= 0.3 is 0 Å². The first-order valence-corrected chi connectivity index (χ1v) is 10.2. The normalized spacial score (nSPS) is 15.7. The molecule has 1 fully saturated rings. The van der Waals surface area contributed by atoms with Gasteiger partial charge in [0.15, 0.2) is 6.61 Å². The first-order chi connectivity index (χ1) is 11.4. The molecule has 0 radical (unpaired) electrons. The highest BCUT2D eigenvalue weighted by atomic mass is 32.2. The summed E-state index contributed by atoms with van der Waals surface area (Å²) in [6.07, 6.45) is 5.65. The number of anilines is 1. The Kier molecular flexibility index (Phi) is 6.48. The summed E-state index contributed by atoms with van der Waals surface area (Å²) in [7, 11) is -3.29. The first kappa shape index (κ1) is 18.6. The van der Waals surface area contributed by atoms with Gasteiger partial charge < -0.3 is 9.64 Å². The number of hydrogen-bond acceptors (Lipinski definition) is 4. The third kappa shape index (κ3) is 5.12. The summed E-state index contributed by atoms with van der Waals surface area (Å²) in [4.78, 5) is 14.1. The minimum absolute atomic E-state index is 0.00676. The van der Waals surface area contributed by atoms with Crippen molar-refractivity contribution in [3.8, 4) is 5.75 Å². The molecule has 1 amide bonds. The van der Waals surface area contributed by atoms with Crippen molar-refractivity contribution in [1.29, 1.82) is 0 Å². The molecule has 0 saturated carbocycles. The maximum Gasteiger partial charge on any atom is 0.260 e. The van der Waals surface area contributed by atoms with Crippen molar-refractivity contribution < 1.29 is 17.9 Å². The van der Waals surface area contributed by atoms with Crippen molar-refractivity contribution in [3.63, 3.8) is 0 Å². The Morgan fingerprint density at radius 3 is 2.21 bits per heavy atom. The molecule has 6 nitrogen and oxygen atoms in total. The van der Waals surface area contributed by atoms with Crippen LogP contribution in [0, 0.1) is 0 Å². The van der Waals surface area contributed by atoms with Crippen molar-refractivity contribution in [2.24, 2.45) is 0 Å². The van der Waals surface area contributed by atoms with E-state index in [9.17, 15) is 13.2 Å². The smallest absolute Gasteiger partial charge is 0.260 e. The summed E-state index contributed by atoms with van der Waals surface area (Å²) in [5.74, 6) is 0.568. The van der Waals surface area contributed by atoms with Crippen molar-refractivity contribution in [2.75, 3.05) is 36.8 Å². The number of rotatable bonds is 6. The van der Waals surface area contributed by atoms with Crippen molar-refractivity contribution in [1.82, 2.24) is 4.90 Å². The zero-order valence-corrected chi connectivity index (χ0v) is 15.2. The fourth-order valence-corrected chi connectivity index (χ4v) is 3.85. The van der Waals surface area contributed by atoms with Gasteiger partial charge in [-0.2, -0.15) is 0 Å². The predicted molar refractivity (Wildman–Crippen MR) is 94.8 cm³/mol. The molecule has 2 rings (SSSR count). The fourth-order valence-electron chi connectivity index (χ4n) is 2.87. The Labute approximate surface area is 144 Å². The molecule has 1 aliphatic heterocycles. The van der Waals surface area contributed by atoms with E-state index in [1.807, 2.05) is 4.90 Å². The van der Waals surface area contributed by atoms with Crippen LogP contribution in [-0.2, 0) is 14.8 Å². The van der Waals surface area contributed by atoms with Crippen LogP contribution >= 0.6 is 0 Å². The fraction of sp³-hybridized carbons (Fsp3) is 0.588. The molecule has 0 aromatic heterocycles. The van der Waals surface area contributed by atoms with E-state index in [-0.39, 0.29) is 12.5 Å². The van der Waals surface area contributed by atoms with Crippen LogP contribution in [-0.4, -0.2) is 51.7 Å². The van der Waals surface area contributed by atoms with E-state index in [4.69, 9.17) is 4.74 Å². The van der Waals surface area contributed by atoms with Gasteiger partial charge in [-0.25, -0.2) is 8.42 Å². The topological polar surface area (TPSA) is 66.9 Å². The lowest BCUT2D eigenvalue weighted by Gasteiger charge is -2.21. The highest BCUT2D eigenvalue weighted by Crippen LogP contribution is 2.21. The molecule has 1 heterocycles. The Hall–Kier alpha value is -1.76. The maximum atomic E-state index is 12.2. The van der Waals surface area contributed by atoms with Crippen LogP contribution < -0.4 is 9.04 Å². The van der Waals surface area contributed by atoms with Crippen LogP contribution in [0.4, 0.5) is 5.69 Å². The first-order valence-electron chi connectivity index (χ1n) is 8.40. The van der Waals surface area contributed by atoms with Gasteiger partial charge in [0.2, 0.25) is 10.0 Å². The van der Waals surface area contributed by atoms with E-state index in [0.29, 0.717) is 18.0 Å². The van der Waals surface area contributed by atoms with E-state index >= 15 is 0 Å². The summed E-state index contributed by atoms with van der Waals surface area (Å²) in [6, 6.07) is 6.77. The van der Waals surface area contributed by atoms with Gasteiger partial charge in [0.05, 0.1) is 11.9 Å². The van der Waals surface area contributed by atoms with E-state index in [2.05, 4.69) is 0 Å². The van der Waals surface area contributed by atoms with Gasteiger partial charge in [-0.15, -0.1) is 0 Å². The Bertz CT molecular complexity index is 635. The number of ether oxygens (including phenoxy) is 1. The molecule has 7 heteroatoms. The maximum absolute atomic E-state index is 12.2. The van der Waals surface area contributed by atoms with Crippen molar-refractivity contribution >= 4 is 21.6 Å². The molecule has 1 aromatic carbocycles. The number of carbonyl (C=O) groups excluding carboxylic acids is 1. The number of benzene rings is 1. The molecular formula is C17H26N2O4S. The number of likely N-dealkylation sites (tertiary alicyclic amines) is 1. The Balaban J connectivity index is 1.93. The quantitative estimate of drug-likeness (QED) is 0.786. The standard InChI is InChI=1S/C17H26N2O4S/c1-3-19(24(2,21)22)15-8-10-16(11-9-15)23-14-17(20)18-12-6-4-5-7-13-18/h8-11H,3-7,12-14H2,1-2H3. The van der Waals surface area contributed by atoms with Crippen molar-refractivity contribution in [3.05, 3.63) is 24.3 Å². The molecule has 0 spiro atoms. The SMILES string of the molecule is CCN(c1ccc(OCC(=O)N2CCCCCC2)cc1)S(C)(=O)=O. The number of nitrogens with zero attached hydrogens (tertiary/aromatic N) is 2. The zero-order chi connectivity index (χ0) is 17.6. The molecule has 24 heavy (non-hydrogen) atoms. The summed E-state index contributed by atoms with van der Waals surface area (Å²) in [5.41, 5.74) is 0.589. The van der Waals surface area contributed by atoms with E-state index in [1.54, 1.807) is 31.2 Å². The average molecular weight is 354 g/mol. The third-order valence-corrected chi connectivity index (χ3v) is 5.40. The molecule has 1 aromatic rings. The molecular weight excluding hydrogens is 328 g/mol. The lowest BCUT2D eigenvalue weighted by atomic mass is 10.2. The zero-order valence-electron chi connectivity index (χ0n) is 14.4. The number of sulfonamides is 1. The van der Waals surface area contributed by atoms with Crippen LogP contribution in [0.5, 0.6) is 5.75 Å². The van der Waals surface area contributed by atoms with E-state index < -0.39 is 10.0 Å². The Morgan fingerprint density at radius 1 is 1.12 bits per heavy atom. The molecule has 1 saturated heterocycles. The monoisotopic (exact) mass is 354 g/mol. The van der Waals surface area contributed by atoms with Gasteiger partial charge in [0, 0.05) is 19.6 Å². The second-order valence-corrected chi connectivity index (χ2v) is 7.91.